The molecule has 0 spiro atoms. The summed E-state index contributed by atoms with van der Waals surface area (Å²) >= 11 is 7.44. The summed E-state index contributed by atoms with van der Waals surface area (Å²) in [7, 11) is 0. The van der Waals surface area contributed by atoms with Crippen molar-refractivity contribution in [2.24, 2.45) is 0 Å². The van der Waals surface area contributed by atoms with Crippen molar-refractivity contribution < 1.29 is 14.7 Å². The number of nitrogens with one attached hydrogen (secondary N) is 2. The Hall–Kier alpha value is -1.40. The van der Waals surface area contributed by atoms with Gasteiger partial charge in [-0.15, -0.1) is 0 Å². The molecule has 1 rings (SSSR count). The minimum absolute atomic E-state index is 0.265. The van der Waals surface area contributed by atoms with Gasteiger partial charge in [-0.2, -0.15) is 11.8 Å². The third kappa shape index (κ3) is 6.27. The highest BCUT2D eigenvalue weighted by molar-refractivity contribution is 7.98. The first-order valence-corrected chi connectivity index (χ1v) is 8.25. The predicted octanol–water partition coefficient (Wildman–Crippen LogP) is 2.91. The number of benzene rings is 1. The molecule has 0 heterocycles. The number of carbonyl (C=O) groups is 2. The van der Waals surface area contributed by atoms with Gasteiger partial charge < -0.3 is 15.7 Å². The Morgan fingerprint density at radius 3 is 2.67 bits per heavy atom. The molecule has 0 radical (unpaired) electrons. The number of aliphatic carboxylic acids is 1. The molecule has 2 atom stereocenters. The van der Waals surface area contributed by atoms with Gasteiger partial charge in [0.15, 0.2) is 0 Å². The fraction of sp³-hybridized carbons (Fsp3) is 0.429. The third-order valence-corrected chi connectivity index (χ3v) is 3.79. The molecule has 0 aromatic heterocycles. The van der Waals surface area contributed by atoms with E-state index in [1.807, 2.05) is 19.2 Å². The summed E-state index contributed by atoms with van der Waals surface area (Å²) in [4.78, 5) is 22.9. The molecule has 5 nitrogen and oxygen atoms in total. The van der Waals surface area contributed by atoms with Crippen LogP contribution in [0.4, 0.5) is 4.79 Å². The fourth-order valence-electron chi connectivity index (χ4n) is 1.75. The summed E-state index contributed by atoms with van der Waals surface area (Å²) in [5, 5.41) is 14.8. The molecule has 0 aliphatic heterocycles. The second-order valence-electron chi connectivity index (χ2n) is 4.57. The van der Waals surface area contributed by atoms with Gasteiger partial charge in [0.05, 0.1) is 6.04 Å². The van der Waals surface area contributed by atoms with Gasteiger partial charge in [-0.1, -0.05) is 23.7 Å². The summed E-state index contributed by atoms with van der Waals surface area (Å²) in [5.74, 6) is -0.365. The number of hydrogen-bond acceptors (Lipinski definition) is 3. The first kappa shape index (κ1) is 17.7. The molecule has 0 bridgehead atoms. The highest BCUT2D eigenvalue weighted by Crippen LogP contribution is 2.17. The first-order valence-electron chi connectivity index (χ1n) is 6.48. The zero-order chi connectivity index (χ0) is 15.8. The Kier molecular flexibility index (Phi) is 7.39. The Bertz CT molecular complexity index is 499. The molecule has 0 saturated carbocycles. The van der Waals surface area contributed by atoms with E-state index < -0.39 is 18.0 Å². The monoisotopic (exact) mass is 330 g/mol. The van der Waals surface area contributed by atoms with E-state index in [1.54, 1.807) is 18.2 Å². The summed E-state index contributed by atoms with van der Waals surface area (Å²) in [5.41, 5.74) is 0.855. The van der Waals surface area contributed by atoms with E-state index in [-0.39, 0.29) is 6.04 Å². The van der Waals surface area contributed by atoms with Crippen LogP contribution in [0.2, 0.25) is 5.02 Å². The second kappa shape index (κ2) is 8.79. The zero-order valence-electron chi connectivity index (χ0n) is 11.9. The van der Waals surface area contributed by atoms with Crippen molar-refractivity contribution in [3.63, 3.8) is 0 Å². The Balaban J connectivity index is 2.57. The van der Waals surface area contributed by atoms with Gasteiger partial charge in [0.1, 0.15) is 6.04 Å². The molecule has 0 aliphatic carbocycles. The number of carboxylic acids is 1. The molecule has 0 saturated heterocycles. The lowest BCUT2D eigenvalue weighted by Gasteiger charge is -2.18. The Morgan fingerprint density at radius 2 is 2.10 bits per heavy atom. The number of carboxylic acid groups (broad SMARTS) is 1. The zero-order valence-corrected chi connectivity index (χ0v) is 13.5. The van der Waals surface area contributed by atoms with E-state index >= 15 is 0 Å². The van der Waals surface area contributed by atoms with Gasteiger partial charge in [-0.05, 0) is 43.0 Å². The van der Waals surface area contributed by atoms with Crippen LogP contribution >= 0.6 is 23.4 Å². The van der Waals surface area contributed by atoms with Gasteiger partial charge >= 0.3 is 12.0 Å². The maximum absolute atomic E-state index is 11.9. The molecular formula is C14H19ClN2O3S. The van der Waals surface area contributed by atoms with Crippen molar-refractivity contribution in [1.82, 2.24) is 10.6 Å². The summed E-state index contributed by atoms with van der Waals surface area (Å²) in [6.07, 6.45) is 2.27. The molecule has 1 aromatic carbocycles. The third-order valence-electron chi connectivity index (χ3n) is 2.91. The van der Waals surface area contributed by atoms with Crippen LogP contribution in [-0.2, 0) is 4.79 Å². The topological polar surface area (TPSA) is 78.4 Å². The molecule has 2 amide bonds. The Labute approximate surface area is 133 Å². The molecule has 1 unspecified atom stereocenters. The van der Waals surface area contributed by atoms with Crippen LogP contribution < -0.4 is 10.6 Å². The second-order valence-corrected chi connectivity index (χ2v) is 5.99. The number of hydrogen-bond donors (Lipinski definition) is 3. The smallest absolute Gasteiger partial charge is 0.326 e. The highest BCUT2D eigenvalue weighted by Gasteiger charge is 2.20. The summed E-state index contributed by atoms with van der Waals surface area (Å²) in [6, 6.07) is 5.50. The predicted molar refractivity (Wildman–Crippen MR) is 86.0 cm³/mol. The lowest BCUT2D eigenvalue weighted by atomic mass is 10.1. The van der Waals surface area contributed by atoms with E-state index in [0.29, 0.717) is 17.2 Å². The van der Waals surface area contributed by atoms with Crippen molar-refractivity contribution in [1.29, 1.82) is 0 Å². The van der Waals surface area contributed by atoms with Gasteiger partial charge in [0, 0.05) is 5.02 Å². The molecule has 3 N–H and O–H groups in total. The molecule has 1 aromatic rings. The average Bonchev–Trinajstić information content (AvgIpc) is 2.43. The summed E-state index contributed by atoms with van der Waals surface area (Å²) in [6.45, 7) is 1.81. The van der Waals surface area contributed by atoms with Gasteiger partial charge in [-0.3, -0.25) is 0 Å². The normalized spacial score (nSPS) is 13.3. The van der Waals surface area contributed by atoms with Gasteiger partial charge in [-0.25, -0.2) is 9.59 Å². The van der Waals surface area contributed by atoms with Crippen LogP contribution in [0.5, 0.6) is 0 Å². The van der Waals surface area contributed by atoms with E-state index in [2.05, 4.69) is 10.6 Å². The average molecular weight is 331 g/mol. The maximum atomic E-state index is 11.9. The van der Waals surface area contributed by atoms with Crippen LogP contribution in [0.15, 0.2) is 24.3 Å². The van der Waals surface area contributed by atoms with Crippen LogP contribution in [0.1, 0.15) is 24.9 Å². The number of urea groups is 1. The minimum Gasteiger partial charge on any atom is -0.480 e. The quantitative estimate of drug-likeness (QED) is 0.718. The molecule has 116 valence electrons. The van der Waals surface area contributed by atoms with Crippen molar-refractivity contribution >= 4 is 35.4 Å². The van der Waals surface area contributed by atoms with Crippen LogP contribution in [0.3, 0.4) is 0 Å². The van der Waals surface area contributed by atoms with E-state index in [1.165, 1.54) is 11.8 Å². The standard InChI is InChI=1S/C14H19ClN2O3S/c1-9(10-4-3-5-11(15)8-10)16-14(20)17-12(13(18)19)6-7-21-2/h3-5,8-9,12H,6-7H2,1-2H3,(H,18,19)(H2,16,17,20)/t9?,12-/m0/s1. The van der Waals surface area contributed by atoms with E-state index in [0.717, 1.165) is 5.56 Å². The van der Waals surface area contributed by atoms with E-state index in [4.69, 9.17) is 16.7 Å². The van der Waals surface area contributed by atoms with Crippen molar-refractivity contribution in [3.8, 4) is 0 Å². The van der Waals surface area contributed by atoms with Crippen LogP contribution in [0, 0.1) is 0 Å². The SMILES string of the molecule is CSCC[C@H](NC(=O)NC(C)c1cccc(Cl)c1)C(=O)O. The van der Waals surface area contributed by atoms with Crippen molar-refractivity contribution in [2.75, 3.05) is 12.0 Å². The number of amides is 2. The highest BCUT2D eigenvalue weighted by atomic mass is 35.5. The van der Waals surface area contributed by atoms with Crippen LogP contribution in [0.25, 0.3) is 0 Å². The van der Waals surface area contributed by atoms with Crippen molar-refractivity contribution in [3.05, 3.63) is 34.9 Å². The summed E-state index contributed by atoms with van der Waals surface area (Å²) < 4.78 is 0. The fourth-order valence-corrected chi connectivity index (χ4v) is 2.42. The van der Waals surface area contributed by atoms with Crippen molar-refractivity contribution in [2.45, 2.75) is 25.4 Å². The number of rotatable bonds is 7. The molecule has 7 heteroatoms. The van der Waals surface area contributed by atoms with Crippen LogP contribution in [-0.4, -0.2) is 35.2 Å². The minimum atomic E-state index is -1.03. The molecule has 21 heavy (non-hydrogen) atoms. The maximum Gasteiger partial charge on any atom is 0.326 e. The first-order chi connectivity index (χ1) is 9.93. The lowest BCUT2D eigenvalue weighted by Crippen LogP contribution is -2.46. The molecule has 0 fully saturated rings. The largest absolute Gasteiger partial charge is 0.480 e. The molecular weight excluding hydrogens is 312 g/mol. The number of halogens is 1. The molecule has 0 aliphatic rings. The number of thioether (sulfide) groups is 1. The lowest BCUT2D eigenvalue weighted by molar-refractivity contribution is -0.139. The van der Waals surface area contributed by atoms with E-state index in [9.17, 15) is 9.59 Å². The van der Waals surface area contributed by atoms with Gasteiger partial charge in [0.2, 0.25) is 0 Å². The number of carbonyl (C=O) groups excluding carboxylic acids is 1. The van der Waals surface area contributed by atoms with Gasteiger partial charge in [0.25, 0.3) is 0 Å². The Morgan fingerprint density at radius 1 is 1.38 bits per heavy atom.